The number of aliphatic imine (C=N–C) groups is 1. The zero-order valence-electron chi connectivity index (χ0n) is 7.54. The largest absolute Gasteiger partial charge is 0.302 e. The van der Waals surface area contributed by atoms with Crippen LogP contribution in [0.2, 0.25) is 0 Å². The summed E-state index contributed by atoms with van der Waals surface area (Å²) in [6, 6.07) is 5.50. The van der Waals surface area contributed by atoms with Gasteiger partial charge in [0.1, 0.15) is 0 Å². The Morgan fingerprint density at radius 3 is 2.47 bits per heavy atom. The molecule has 0 unspecified atom stereocenters. The molecule has 0 aliphatic rings. The molecule has 0 saturated carbocycles. The molecule has 5 nitrogen and oxygen atoms in total. The van der Waals surface area contributed by atoms with Gasteiger partial charge in [0.05, 0.1) is 11.9 Å². The van der Waals surface area contributed by atoms with E-state index in [0.29, 0.717) is 5.69 Å². The number of hydrogen-bond acceptors (Lipinski definition) is 4. The second kappa shape index (κ2) is 5.35. The highest BCUT2D eigenvalue weighted by Gasteiger charge is 2.14. The van der Waals surface area contributed by atoms with Crippen LogP contribution in [0.3, 0.4) is 0 Å². The van der Waals surface area contributed by atoms with Crippen LogP contribution in [0.5, 0.6) is 0 Å². The maximum Gasteiger partial charge on any atom is 0.302 e. The van der Waals surface area contributed by atoms with Crippen molar-refractivity contribution >= 4 is 34.1 Å². The predicted octanol–water partition coefficient (Wildman–Crippen LogP) is 2.00. The third kappa shape index (κ3) is 3.59. The van der Waals surface area contributed by atoms with Crippen LogP contribution in [0, 0.1) is 10.1 Å². The van der Waals surface area contributed by atoms with Crippen molar-refractivity contribution in [2.24, 2.45) is 4.99 Å². The van der Waals surface area contributed by atoms with E-state index in [2.05, 4.69) is 20.9 Å². The van der Waals surface area contributed by atoms with Gasteiger partial charge in [-0.1, -0.05) is 15.9 Å². The third-order valence-electron chi connectivity index (χ3n) is 1.59. The molecule has 0 N–H and O–H groups in total. The summed E-state index contributed by atoms with van der Waals surface area (Å²) in [7, 11) is 0. The first kappa shape index (κ1) is 11.5. The zero-order chi connectivity index (χ0) is 11.3. The third-order valence-corrected chi connectivity index (χ3v) is 2.11. The van der Waals surface area contributed by atoms with E-state index in [4.69, 9.17) is 0 Å². The van der Waals surface area contributed by atoms with Crippen LogP contribution in [0.25, 0.3) is 0 Å². The molecule has 0 aromatic heterocycles. The number of benzene rings is 1. The van der Waals surface area contributed by atoms with Crippen molar-refractivity contribution in [3.63, 3.8) is 0 Å². The monoisotopic (exact) mass is 270 g/mol. The van der Waals surface area contributed by atoms with Crippen molar-refractivity contribution < 1.29 is 9.72 Å². The molecule has 1 rings (SSSR count). The summed E-state index contributed by atoms with van der Waals surface area (Å²) in [5.74, 6) is 0. The number of carbonyl (C=O) groups excluding carboxylic acids is 1. The van der Waals surface area contributed by atoms with Gasteiger partial charge in [-0.2, -0.15) is 0 Å². The fraction of sp³-hybridized carbons (Fsp3) is 0.111. The number of carbonyl (C=O) groups is 1. The van der Waals surface area contributed by atoms with Crippen LogP contribution in [0.4, 0.5) is 5.69 Å². The van der Waals surface area contributed by atoms with Crippen LogP contribution in [0.1, 0.15) is 0 Å². The van der Waals surface area contributed by atoms with Crippen molar-refractivity contribution in [3.05, 3.63) is 38.9 Å². The molecule has 0 fully saturated rings. The first-order valence-corrected chi connectivity index (χ1v) is 4.81. The van der Waals surface area contributed by atoms with E-state index in [1.165, 1.54) is 0 Å². The first-order chi connectivity index (χ1) is 7.13. The molecule has 1 atom stereocenters. The molecule has 6 heteroatoms. The minimum atomic E-state index is -1.38. The summed E-state index contributed by atoms with van der Waals surface area (Å²) >= 11 is 3.25. The van der Waals surface area contributed by atoms with Gasteiger partial charge in [0.25, 0.3) is 0 Å². The van der Waals surface area contributed by atoms with E-state index in [0.717, 1.165) is 10.7 Å². The first-order valence-electron chi connectivity index (χ1n) is 4.02. The van der Waals surface area contributed by atoms with Gasteiger partial charge < -0.3 is 0 Å². The molecule has 0 heterocycles. The molecular formula is C9H7BrN2O3. The van der Waals surface area contributed by atoms with Crippen molar-refractivity contribution in [1.82, 2.24) is 0 Å². The quantitative estimate of drug-likeness (QED) is 0.364. The van der Waals surface area contributed by atoms with E-state index in [1.807, 2.05) is 0 Å². The summed E-state index contributed by atoms with van der Waals surface area (Å²) in [5.41, 5.74) is 0.562. The average Bonchev–Trinajstić information content (AvgIpc) is 2.21. The van der Waals surface area contributed by atoms with Gasteiger partial charge >= 0.3 is 6.04 Å². The van der Waals surface area contributed by atoms with Gasteiger partial charge in [-0.3, -0.25) is 19.9 Å². The van der Waals surface area contributed by atoms with Gasteiger partial charge in [0.2, 0.25) is 0 Å². The smallest absolute Gasteiger partial charge is 0.295 e. The standard InChI is InChI=1S/C9H7BrN2O3/c10-7-1-3-8(4-2-7)11-5-9(6-13)12(14)15/h1-6,9H/t9-/m0/s1. The summed E-state index contributed by atoms with van der Waals surface area (Å²) in [4.78, 5) is 23.7. The van der Waals surface area contributed by atoms with Gasteiger partial charge in [-0.15, -0.1) is 0 Å². The van der Waals surface area contributed by atoms with Gasteiger partial charge in [-0.05, 0) is 24.3 Å². The second-order valence-corrected chi connectivity index (χ2v) is 3.58. The maximum absolute atomic E-state index is 10.3. The fourth-order valence-electron chi connectivity index (χ4n) is 0.829. The number of hydrogen-bond donors (Lipinski definition) is 0. The van der Waals surface area contributed by atoms with Crippen molar-refractivity contribution in [2.45, 2.75) is 6.04 Å². The van der Waals surface area contributed by atoms with E-state index in [-0.39, 0.29) is 6.29 Å². The molecule has 0 saturated heterocycles. The Bertz CT molecular complexity index is 389. The molecular weight excluding hydrogens is 264 g/mol. The summed E-state index contributed by atoms with van der Waals surface area (Å²) in [6.45, 7) is 0. The van der Waals surface area contributed by atoms with Gasteiger partial charge in [0.15, 0.2) is 6.29 Å². The highest BCUT2D eigenvalue weighted by Crippen LogP contribution is 2.16. The molecule has 0 radical (unpaired) electrons. The zero-order valence-corrected chi connectivity index (χ0v) is 9.12. The number of nitro groups is 1. The van der Waals surface area contributed by atoms with Crippen LogP contribution >= 0.6 is 15.9 Å². The lowest BCUT2D eigenvalue weighted by Crippen LogP contribution is -2.22. The van der Waals surface area contributed by atoms with Gasteiger partial charge in [-0.25, -0.2) is 0 Å². The van der Waals surface area contributed by atoms with Crippen molar-refractivity contribution in [3.8, 4) is 0 Å². The van der Waals surface area contributed by atoms with Gasteiger partial charge in [0, 0.05) is 9.40 Å². The second-order valence-electron chi connectivity index (χ2n) is 2.67. The molecule has 1 aromatic rings. The Kier molecular flexibility index (Phi) is 4.11. The normalized spacial score (nSPS) is 12.6. The fourth-order valence-corrected chi connectivity index (χ4v) is 1.09. The Labute approximate surface area is 94.1 Å². The summed E-state index contributed by atoms with van der Waals surface area (Å²) in [6.07, 6.45) is 1.25. The highest BCUT2D eigenvalue weighted by molar-refractivity contribution is 9.10. The summed E-state index contributed by atoms with van der Waals surface area (Å²) < 4.78 is 0.891. The van der Waals surface area contributed by atoms with Crippen molar-refractivity contribution in [2.75, 3.05) is 0 Å². The van der Waals surface area contributed by atoms with E-state index in [9.17, 15) is 14.9 Å². The SMILES string of the molecule is O=C[C@H](C=Nc1ccc(Br)cc1)[N+](=O)[O-]. The topological polar surface area (TPSA) is 72.6 Å². The minimum Gasteiger partial charge on any atom is -0.295 e. The lowest BCUT2D eigenvalue weighted by atomic mass is 10.3. The Morgan fingerprint density at radius 2 is 2.00 bits per heavy atom. The molecule has 0 aliphatic carbocycles. The Hall–Kier alpha value is -1.56. The van der Waals surface area contributed by atoms with Crippen LogP contribution in [-0.2, 0) is 4.79 Å². The van der Waals surface area contributed by atoms with E-state index < -0.39 is 11.0 Å². The minimum absolute atomic E-state index is 0.238. The molecule has 1 aromatic carbocycles. The number of aldehydes is 1. The van der Waals surface area contributed by atoms with E-state index >= 15 is 0 Å². The van der Waals surface area contributed by atoms with Crippen LogP contribution in [-0.4, -0.2) is 23.5 Å². The number of halogens is 1. The summed E-state index contributed by atoms with van der Waals surface area (Å²) in [5, 5.41) is 10.3. The maximum atomic E-state index is 10.3. The predicted molar refractivity (Wildman–Crippen MR) is 59.1 cm³/mol. The Morgan fingerprint density at radius 1 is 1.40 bits per heavy atom. The average molecular weight is 271 g/mol. The number of nitrogens with zero attached hydrogens (tertiary/aromatic N) is 2. The molecule has 78 valence electrons. The molecule has 15 heavy (non-hydrogen) atoms. The van der Waals surface area contributed by atoms with Crippen LogP contribution < -0.4 is 0 Å². The molecule has 0 aliphatic heterocycles. The van der Waals surface area contributed by atoms with Crippen molar-refractivity contribution in [1.29, 1.82) is 0 Å². The number of rotatable bonds is 4. The molecule has 0 spiro atoms. The lowest BCUT2D eigenvalue weighted by molar-refractivity contribution is -0.485. The van der Waals surface area contributed by atoms with Crippen LogP contribution in [0.15, 0.2) is 33.7 Å². The molecule has 0 amide bonds. The van der Waals surface area contributed by atoms with E-state index in [1.54, 1.807) is 24.3 Å². The molecule has 0 bridgehead atoms. The lowest BCUT2D eigenvalue weighted by Gasteiger charge is -1.95. The Balaban J connectivity index is 2.76. The highest BCUT2D eigenvalue weighted by atomic mass is 79.9.